The third-order valence-electron chi connectivity index (χ3n) is 4.70. The van der Waals surface area contributed by atoms with Crippen molar-refractivity contribution in [2.75, 3.05) is 0 Å². The summed E-state index contributed by atoms with van der Waals surface area (Å²) in [5.41, 5.74) is 2.73. The van der Waals surface area contributed by atoms with Crippen LogP contribution < -0.4 is 34.7 Å². The molecular weight excluding hydrogens is 451 g/mol. The van der Waals surface area contributed by atoms with Crippen LogP contribution in [0.3, 0.4) is 0 Å². The molecular formula is C23H17N4NaO4S. The summed E-state index contributed by atoms with van der Waals surface area (Å²) in [4.78, 5) is -0.267. The van der Waals surface area contributed by atoms with Gasteiger partial charge in [0.2, 0.25) is 0 Å². The van der Waals surface area contributed by atoms with Crippen molar-refractivity contribution in [3.8, 4) is 5.75 Å². The van der Waals surface area contributed by atoms with Gasteiger partial charge in [-0.05, 0) is 55.0 Å². The molecule has 0 fully saturated rings. The third-order valence-corrected chi connectivity index (χ3v) is 5.55. The van der Waals surface area contributed by atoms with Gasteiger partial charge < -0.3 is 5.11 Å². The number of azo groups is 2. The molecule has 0 aromatic heterocycles. The van der Waals surface area contributed by atoms with Crippen LogP contribution in [0.4, 0.5) is 22.7 Å². The number of aryl methyl sites for hydroxylation is 1. The Morgan fingerprint density at radius 1 is 0.727 bits per heavy atom. The van der Waals surface area contributed by atoms with Crippen LogP contribution in [0.2, 0.25) is 0 Å². The first kappa shape index (κ1) is 24.7. The van der Waals surface area contributed by atoms with Gasteiger partial charge in [0.25, 0.3) is 10.1 Å². The van der Waals surface area contributed by atoms with Gasteiger partial charge in [0.1, 0.15) is 0 Å². The Morgan fingerprint density at radius 3 is 2.00 bits per heavy atom. The van der Waals surface area contributed by atoms with Gasteiger partial charge in [-0.3, -0.25) is 4.55 Å². The number of rotatable bonds is 5. The maximum Gasteiger partial charge on any atom is 1.00 e. The van der Waals surface area contributed by atoms with Crippen molar-refractivity contribution in [3.63, 3.8) is 0 Å². The normalized spacial score (nSPS) is 11.8. The van der Waals surface area contributed by atoms with Crippen LogP contribution in [-0.2, 0) is 10.1 Å². The minimum Gasteiger partial charge on any atom is -0.872 e. The topological polar surface area (TPSA) is 127 Å². The molecule has 0 radical (unpaired) electrons. The first-order chi connectivity index (χ1) is 15.3. The molecule has 10 heteroatoms. The van der Waals surface area contributed by atoms with Crippen molar-refractivity contribution in [3.05, 3.63) is 84.4 Å². The van der Waals surface area contributed by atoms with Crippen LogP contribution >= 0.6 is 0 Å². The summed E-state index contributed by atoms with van der Waals surface area (Å²) >= 11 is 0. The Morgan fingerprint density at radius 2 is 1.33 bits per heavy atom. The Hall–Kier alpha value is -2.95. The average Bonchev–Trinajstić information content (AvgIpc) is 2.77. The van der Waals surface area contributed by atoms with E-state index in [4.69, 9.17) is 0 Å². The predicted molar refractivity (Wildman–Crippen MR) is 119 cm³/mol. The summed E-state index contributed by atoms with van der Waals surface area (Å²) < 4.78 is 32.8. The summed E-state index contributed by atoms with van der Waals surface area (Å²) in [5.74, 6) is -0.113. The Labute approximate surface area is 212 Å². The standard InChI is InChI=1S/C23H18N4O4S.Na/c1-15-13-17(28)7-10-21(15)25-27-22-11-12-23(26-24-16-5-3-2-4-6-16)20-14-18(32(29,30)31)8-9-19(20)22;/h2-14,28H,1H3,(H,29,30,31);/q;+1/p-1. The summed E-state index contributed by atoms with van der Waals surface area (Å²) in [6.45, 7) is 1.76. The number of fused-ring (bicyclic) bond motifs is 1. The van der Waals surface area contributed by atoms with Crippen LogP contribution in [0.5, 0.6) is 5.75 Å². The number of benzene rings is 4. The van der Waals surface area contributed by atoms with Gasteiger partial charge in [0, 0.05) is 10.8 Å². The average molecular weight is 468 g/mol. The molecule has 0 atom stereocenters. The van der Waals surface area contributed by atoms with Crippen LogP contribution in [0.25, 0.3) is 10.8 Å². The first-order valence-corrected chi connectivity index (χ1v) is 11.0. The number of hydrogen-bond donors (Lipinski definition) is 1. The molecule has 4 rings (SSSR count). The van der Waals surface area contributed by atoms with E-state index in [1.54, 1.807) is 37.3 Å². The smallest absolute Gasteiger partial charge is 0.872 e. The zero-order valence-corrected chi connectivity index (χ0v) is 20.7. The fourth-order valence-electron chi connectivity index (χ4n) is 3.09. The minimum absolute atomic E-state index is 0. The number of hydrogen-bond acceptors (Lipinski definition) is 7. The Bertz CT molecular complexity index is 1470. The molecule has 0 aliphatic rings. The van der Waals surface area contributed by atoms with Gasteiger partial charge in [0.05, 0.1) is 27.6 Å². The first-order valence-electron chi connectivity index (χ1n) is 9.52. The van der Waals surface area contributed by atoms with E-state index in [0.717, 1.165) is 0 Å². The molecule has 0 saturated carbocycles. The summed E-state index contributed by atoms with van der Waals surface area (Å²) in [6, 6.07) is 21.0. The molecule has 0 saturated heterocycles. The van der Waals surface area contributed by atoms with Crippen molar-refractivity contribution < 1.29 is 47.6 Å². The van der Waals surface area contributed by atoms with Crippen LogP contribution in [-0.4, -0.2) is 13.0 Å². The molecule has 0 spiro atoms. The molecule has 8 nitrogen and oxygen atoms in total. The van der Waals surface area contributed by atoms with E-state index in [2.05, 4.69) is 20.5 Å². The largest absolute Gasteiger partial charge is 1.00 e. The minimum atomic E-state index is -4.41. The molecule has 0 heterocycles. The maximum atomic E-state index is 11.7. The van der Waals surface area contributed by atoms with Gasteiger partial charge >= 0.3 is 29.6 Å². The van der Waals surface area contributed by atoms with Gasteiger partial charge in [-0.15, -0.1) is 16.0 Å². The molecule has 0 aliphatic heterocycles. The summed E-state index contributed by atoms with van der Waals surface area (Å²) in [6.07, 6.45) is 0. The second kappa shape index (κ2) is 10.3. The molecule has 160 valence electrons. The van der Waals surface area contributed by atoms with Crippen molar-refractivity contribution in [2.45, 2.75) is 11.8 Å². The van der Waals surface area contributed by atoms with Crippen molar-refractivity contribution in [1.82, 2.24) is 0 Å². The van der Waals surface area contributed by atoms with Crippen molar-refractivity contribution in [2.24, 2.45) is 20.5 Å². The zero-order chi connectivity index (χ0) is 22.7. The monoisotopic (exact) mass is 468 g/mol. The van der Waals surface area contributed by atoms with Crippen molar-refractivity contribution in [1.29, 1.82) is 0 Å². The maximum absolute atomic E-state index is 11.7. The van der Waals surface area contributed by atoms with E-state index in [0.29, 0.717) is 39.1 Å². The predicted octanol–water partition coefficient (Wildman–Crippen LogP) is 3.30. The Balaban J connectivity index is 0.00000306. The summed E-state index contributed by atoms with van der Waals surface area (Å²) in [7, 11) is -4.41. The van der Waals surface area contributed by atoms with Gasteiger partial charge in [-0.25, -0.2) is 0 Å². The van der Waals surface area contributed by atoms with E-state index in [-0.39, 0.29) is 40.2 Å². The van der Waals surface area contributed by atoms with Gasteiger partial charge in [-0.1, -0.05) is 36.4 Å². The van der Waals surface area contributed by atoms with E-state index in [9.17, 15) is 18.1 Å². The molecule has 0 bridgehead atoms. The van der Waals surface area contributed by atoms with E-state index >= 15 is 0 Å². The van der Waals surface area contributed by atoms with Gasteiger partial charge in [0.15, 0.2) is 0 Å². The van der Waals surface area contributed by atoms with Gasteiger partial charge in [-0.2, -0.15) is 18.6 Å². The second-order valence-corrected chi connectivity index (χ2v) is 8.39. The van der Waals surface area contributed by atoms with E-state index in [1.165, 1.54) is 30.3 Å². The van der Waals surface area contributed by atoms with Crippen LogP contribution in [0.15, 0.2) is 104 Å². The number of nitrogens with zero attached hydrogens (tertiary/aromatic N) is 4. The molecule has 0 unspecified atom stereocenters. The molecule has 0 amide bonds. The molecule has 1 N–H and O–H groups in total. The van der Waals surface area contributed by atoms with Crippen LogP contribution in [0.1, 0.15) is 5.56 Å². The fraction of sp³-hybridized carbons (Fsp3) is 0.0435. The van der Waals surface area contributed by atoms with Crippen molar-refractivity contribution >= 4 is 43.6 Å². The molecule has 0 aliphatic carbocycles. The molecule has 4 aromatic carbocycles. The molecule has 4 aromatic rings. The SMILES string of the molecule is Cc1cc([O-])ccc1N=Nc1ccc(N=Nc2ccccc2)c2cc(S(=O)(=O)O)ccc12.[Na+]. The summed E-state index contributed by atoms with van der Waals surface area (Å²) in [5, 5.41) is 29.4. The van der Waals surface area contributed by atoms with E-state index in [1.807, 2.05) is 18.2 Å². The molecule has 33 heavy (non-hydrogen) atoms. The second-order valence-electron chi connectivity index (χ2n) is 6.97. The quantitative estimate of drug-likeness (QED) is 0.274. The fourth-order valence-corrected chi connectivity index (χ4v) is 3.59. The van der Waals surface area contributed by atoms with E-state index < -0.39 is 10.1 Å². The zero-order valence-electron chi connectivity index (χ0n) is 17.9. The van der Waals surface area contributed by atoms with Crippen LogP contribution in [0, 0.1) is 6.92 Å². The third kappa shape index (κ3) is 5.89. The Kier molecular flexibility index (Phi) is 7.72.